The number of amides is 2. The molecule has 184 valence electrons. The topological polar surface area (TPSA) is 49.4 Å². The zero-order chi connectivity index (χ0) is 25.3. The Morgan fingerprint density at radius 1 is 0.750 bits per heavy atom. The molecule has 0 saturated heterocycles. The molecule has 4 rings (SSSR count). The third-order valence-electron chi connectivity index (χ3n) is 6.39. The van der Waals surface area contributed by atoms with Gasteiger partial charge in [0.1, 0.15) is 6.04 Å². The Morgan fingerprint density at radius 2 is 1.36 bits per heavy atom. The van der Waals surface area contributed by atoms with Gasteiger partial charge < -0.3 is 10.2 Å². The SMILES string of the molecule is CC(C)NC(=O)C(Cc1ccccc1)N(Cc1ccccc1)C(=O)CCc1cccc2ccccc12. The first-order valence-corrected chi connectivity index (χ1v) is 12.7. The second kappa shape index (κ2) is 12.2. The fourth-order valence-electron chi connectivity index (χ4n) is 4.61. The molecule has 1 N–H and O–H groups in total. The molecule has 0 aliphatic rings. The number of rotatable bonds is 10. The molecule has 0 heterocycles. The van der Waals surface area contributed by atoms with Crippen molar-refractivity contribution in [1.29, 1.82) is 0 Å². The maximum absolute atomic E-state index is 13.8. The van der Waals surface area contributed by atoms with Gasteiger partial charge in [0, 0.05) is 25.4 Å². The van der Waals surface area contributed by atoms with Crippen LogP contribution >= 0.6 is 0 Å². The summed E-state index contributed by atoms with van der Waals surface area (Å²) in [5, 5.41) is 5.39. The van der Waals surface area contributed by atoms with Gasteiger partial charge in [0.05, 0.1) is 0 Å². The van der Waals surface area contributed by atoms with Crippen LogP contribution < -0.4 is 5.32 Å². The van der Waals surface area contributed by atoms with Crippen molar-refractivity contribution in [1.82, 2.24) is 10.2 Å². The predicted octanol–water partition coefficient (Wildman–Crippen LogP) is 5.94. The predicted molar refractivity (Wildman–Crippen MR) is 146 cm³/mol. The van der Waals surface area contributed by atoms with Crippen LogP contribution in [-0.2, 0) is 29.0 Å². The summed E-state index contributed by atoms with van der Waals surface area (Å²) in [5.74, 6) is -0.144. The van der Waals surface area contributed by atoms with Crippen molar-refractivity contribution in [2.24, 2.45) is 0 Å². The monoisotopic (exact) mass is 478 g/mol. The van der Waals surface area contributed by atoms with Crippen molar-refractivity contribution in [2.75, 3.05) is 0 Å². The molecule has 0 bridgehead atoms. The van der Waals surface area contributed by atoms with E-state index in [1.165, 1.54) is 10.8 Å². The van der Waals surface area contributed by atoms with E-state index in [0.717, 1.165) is 16.7 Å². The van der Waals surface area contributed by atoms with Gasteiger partial charge >= 0.3 is 0 Å². The molecule has 4 aromatic rings. The molecule has 4 heteroatoms. The van der Waals surface area contributed by atoms with E-state index in [1.807, 2.05) is 92.7 Å². The number of nitrogens with zero attached hydrogens (tertiary/aromatic N) is 1. The molecule has 0 fully saturated rings. The van der Waals surface area contributed by atoms with Crippen molar-refractivity contribution >= 4 is 22.6 Å². The number of hydrogen-bond donors (Lipinski definition) is 1. The van der Waals surface area contributed by atoms with Crippen LogP contribution in [0.1, 0.15) is 37.0 Å². The molecular formula is C32H34N2O2. The van der Waals surface area contributed by atoms with Gasteiger partial charge in [-0.25, -0.2) is 0 Å². The molecular weight excluding hydrogens is 444 g/mol. The number of carbonyl (C=O) groups excluding carboxylic acids is 2. The van der Waals surface area contributed by atoms with Gasteiger partial charge in [-0.2, -0.15) is 0 Å². The second-order valence-electron chi connectivity index (χ2n) is 9.51. The van der Waals surface area contributed by atoms with Crippen LogP contribution in [0.25, 0.3) is 10.8 Å². The number of fused-ring (bicyclic) bond motifs is 1. The molecule has 0 aliphatic heterocycles. The lowest BCUT2D eigenvalue weighted by Gasteiger charge is -2.32. The summed E-state index contributed by atoms with van der Waals surface area (Å²) in [6.45, 7) is 4.28. The molecule has 0 radical (unpaired) electrons. The molecule has 0 saturated carbocycles. The fraction of sp³-hybridized carbons (Fsp3) is 0.250. The number of nitrogens with one attached hydrogen (secondary N) is 1. The van der Waals surface area contributed by atoms with Gasteiger partial charge in [0.25, 0.3) is 0 Å². The molecule has 4 aromatic carbocycles. The minimum atomic E-state index is -0.602. The Balaban J connectivity index is 1.63. The van der Waals surface area contributed by atoms with Crippen LogP contribution in [0.5, 0.6) is 0 Å². The minimum absolute atomic E-state index is 0.0138. The van der Waals surface area contributed by atoms with E-state index >= 15 is 0 Å². The van der Waals surface area contributed by atoms with Gasteiger partial charge in [-0.3, -0.25) is 9.59 Å². The zero-order valence-electron chi connectivity index (χ0n) is 21.1. The van der Waals surface area contributed by atoms with Crippen LogP contribution in [0.3, 0.4) is 0 Å². The third kappa shape index (κ3) is 6.60. The standard InChI is InChI=1S/C32H34N2O2/c1-24(2)33-32(36)30(22-25-12-5-3-6-13-25)34(23-26-14-7-4-8-15-26)31(35)21-20-28-18-11-17-27-16-9-10-19-29(27)28/h3-19,24,30H,20-23H2,1-2H3,(H,33,36). The summed E-state index contributed by atoms with van der Waals surface area (Å²) in [6.07, 6.45) is 1.42. The number of aryl methyl sites for hydroxylation is 1. The van der Waals surface area contributed by atoms with E-state index in [1.54, 1.807) is 4.90 Å². The largest absolute Gasteiger partial charge is 0.352 e. The third-order valence-corrected chi connectivity index (χ3v) is 6.39. The van der Waals surface area contributed by atoms with Gasteiger partial charge in [0.2, 0.25) is 11.8 Å². The van der Waals surface area contributed by atoms with Crippen LogP contribution in [0.2, 0.25) is 0 Å². The molecule has 0 aromatic heterocycles. The Hall–Kier alpha value is -3.92. The van der Waals surface area contributed by atoms with Crippen molar-refractivity contribution in [3.8, 4) is 0 Å². The van der Waals surface area contributed by atoms with E-state index in [-0.39, 0.29) is 17.9 Å². The van der Waals surface area contributed by atoms with E-state index in [2.05, 4.69) is 29.6 Å². The summed E-state index contributed by atoms with van der Waals surface area (Å²) in [7, 11) is 0. The highest BCUT2D eigenvalue weighted by Crippen LogP contribution is 2.21. The van der Waals surface area contributed by atoms with Crippen molar-refractivity contribution in [3.63, 3.8) is 0 Å². The Labute approximate surface area is 214 Å². The van der Waals surface area contributed by atoms with Crippen molar-refractivity contribution in [2.45, 2.75) is 51.7 Å². The summed E-state index contributed by atoms with van der Waals surface area (Å²) in [6, 6.07) is 33.7. The van der Waals surface area contributed by atoms with Gasteiger partial charge in [0.15, 0.2) is 0 Å². The molecule has 4 nitrogen and oxygen atoms in total. The average Bonchev–Trinajstić information content (AvgIpc) is 2.90. The zero-order valence-corrected chi connectivity index (χ0v) is 21.1. The molecule has 0 aliphatic carbocycles. The van der Waals surface area contributed by atoms with E-state index < -0.39 is 6.04 Å². The molecule has 2 amide bonds. The van der Waals surface area contributed by atoms with Crippen LogP contribution in [-0.4, -0.2) is 28.8 Å². The Kier molecular flexibility index (Phi) is 8.51. The lowest BCUT2D eigenvalue weighted by Crippen LogP contribution is -2.51. The highest BCUT2D eigenvalue weighted by atomic mass is 16.2. The van der Waals surface area contributed by atoms with Crippen molar-refractivity contribution < 1.29 is 9.59 Å². The second-order valence-corrected chi connectivity index (χ2v) is 9.51. The summed E-state index contributed by atoms with van der Waals surface area (Å²) in [5.41, 5.74) is 3.18. The summed E-state index contributed by atoms with van der Waals surface area (Å²) in [4.78, 5) is 29.0. The molecule has 0 spiro atoms. The van der Waals surface area contributed by atoms with E-state index in [4.69, 9.17) is 0 Å². The Morgan fingerprint density at radius 3 is 2.06 bits per heavy atom. The first kappa shape index (κ1) is 25.2. The quantitative estimate of drug-likeness (QED) is 0.307. The van der Waals surface area contributed by atoms with Gasteiger partial charge in [-0.1, -0.05) is 103 Å². The normalized spacial score (nSPS) is 11.9. The smallest absolute Gasteiger partial charge is 0.243 e. The molecule has 1 unspecified atom stereocenters. The minimum Gasteiger partial charge on any atom is -0.352 e. The lowest BCUT2D eigenvalue weighted by atomic mass is 9.99. The Bertz CT molecular complexity index is 1280. The molecule has 1 atom stereocenters. The van der Waals surface area contributed by atoms with E-state index in [0.29, 0.717) is 25.8 Å². The lowest BCUT2D eigenvalue weighted by molar-refractivity contribution is -0.141. The van der Waals surface area contributed by atoms with Crippen LogP contribution in [0, 0.1) is 0 Å². The van der Waals surface area contributed by atoms with Gasteiger partial charge in [-0.15, -0.1) is 0 Å². The van der Waals surface area contributed by atoms with E-state index in [9.17, 15) is 9.59 Å². The van der Waals surface area contributed by atoms with Crippen molar-refractivity contribution in [3.05, 3.63) is 120 Å². The maximum Gasteiger partial charge on any atom is 0.243 e. The highest BCUT2D eigenvalue weighted by Gasteiger charge is 2.30. The maximum atomic E-state index is 13.8. The fourth-order valence-corrected chi connectivity index (χ4v) is 4.61. The first-order valence-electron chi connectivity index (χ1n) is 12.7. The van der Waals surface area contributed by atoms with Crippen LogP contribution in [0.15, 0.2) is 103 Å². The first-order chi connectivity index (χ1) is 17.5. The summed E-state index contributed by atoms with van der Waals surface area (Å²) < 4.78 is 0. The molecule has 36 heavy (non-hydrogen) atoms. The van der Waals surface area contributed by atoms with Gasteiger partial charge in [-0.05, 0) is 47.7 Å². The van der Waals surface area contributed by atoms with Crippen LogP contribution in [0.4, 0.5) is 0 Å². The number of benzene rings is 4. The highest BCUT2D eigenvalue weighted by molar-refractivity contribution is 5.89. The summed E-state index contributed by atoms with van der Waals surface area (Å²) >= 11 is 0. The number of hydrogen-bond acceptors (Lipinski definition) is 2. The average molecular weight is 479 g/mol. The number of carbonyl (C=O) groups is 2.